The monoisotopic (exact) mass is 366 g/mol. The van der Waals surface area contributed by atoms with Crippen molar-refractivity contribution in [1.82, 2.24) is 10.3 Å². The van der Waals surface area contributed by atoms with Crippen LogP contribution >= 0.6 is 24.0 Å². The minimum Gasteiger partial charge on any atom is -0.316 e. The molecular formula is C17H20Cl2N4O. The van der Waals surface area contributed by atoms with E-state index in [4.69, 9.17) is 11.6 Å². The van der Waals surface area contributed by atoms with Crippen molar-refractivity contribution in [2.24, 2.45) is 0 Å². The molecule has 2 heterocycles. The second-order valence-corrected chi connectivity index (χ2v) is 6.04. The van der Waals surface area contributed by atoms with E-state index in [0.717, 1.165) is 18.8 Å². The van der Waals surface area contributed by atoms with Crippen LogP contribution in [0, 0.1) is 0 Å². The van der Waals surface area contributed by atoms with Crippen LogP contribution < -0.4 is 16.0 Å². The van der Waals surface area contributed by atoms with Crippen molar-refractivity contribution in [2.75, 3.05) is 23.7 Å². The Kier molecular flexibility index (Phi) is 6.85. The molecule has 1 aliphatic rings. The van der Waals surface area contributed by atoms with Crippen molar-refractivity contribution >= 4 is 41.5 Å². The molecule has 3 N–H and O–H groups in total. The fourth-order valence-electron chi connectivity index (χ4n) is 2.70. The Balaban J connectivity index is 0.00000208. The third-order valence-electron chi connectivity index (χ3n) is 3.91. The summed E-state index contributed by atoms with van der Waals surface area (Å²) >= 11 is 5.76. The lowest BCUT2D eigenvalue weighted by Crippen LogP contribution is -2.28. The lowest BCUT2D eigenvalue weighted by Gasteiger charge is -2.23. The molecule has 2 amide bonds. The molecule has 7 heteroatoms. The minimum absolute atomic E-state index is 0. The predicted molar refractivity (Wildman–Crippen MR) is 100 cm³/mol. The SMILES string of the molecule is Cl.O=C(Nc1ccc(C2CCCNC2)cc1)Nc1ccc(Cl)cn1. The van der Waals surface area contributed by atoms with E-state index in [2.05, 4.69) is 33.1 Å². The highest BCUT2D eigenvalue weighted by atomic mass is 35.5. The second-order valence-electron chi connectivity index (χ2n) is 5.61. The van der Waals surface area contributed by atoms with E-state index in [1.807, 2.05) is 12.1 Å². The number of hydrogen-bond donors (Lipinski definition) is 3. The van der Waals surface area contributed by atoms with E-state index in [-0.39, 0.29) is 18.4 Å². The molecule has 2 aromatic rings. The van der Waals surface area contributed by atoms with Gasteiger partial charge in [0.15, 0.2) is 0 Å². The summed E-state index contributed by atoms with van der Waals surface area (Å²) in [4.78, 5) is 16.0. The molecule has 1 fully saturated rings. The highest BCUT2D eigenvalue weighted by molar-refractivity contribution is 6.30. The Bertz CT molecular complexity index is 655. The van der Waals surface area contributed by atoms with Gasteiger partial charge in [0, 0.05) is 18.4 Å². The maximum atomic E-state index is 11.9. The minimum atomic E-state index is -0.327. The Morgan fingerprint density at radius 1 is 1.17 bits per heavy atom. The quantitative estimate of drug-likeness (QED) is 0.759. The number of nitrogens with one attached hydrogen (secondary N) is 3. The molecule has 0 radical (unpaired) electrons. The van der Waals surface area contributed by atoms with Gasteiger partial charge in [0.2, 0.25) is 0 Å². The van der Waals surface area contributed by atoms with E-state index in [1.165, 1.54) is 24.6 Å². The van der Waals surface area contributed by atoms with Gasteiger partial charge in [-0.05, 0) is 55.1 Å². The number of pyridine rings is 1. The zero-order valence-electron chi connectivity index (χ0n) is 13.1. The lowest BCUT2D eigenvalue weighted by atomic mass is 9.92. The molecule has 1 aromatic carbocycles. The molecule has 0 spiro atoms. The summed E-state index contributed by atoms with van der Waals surface area (Å²) in [7, 11) is 0. The average Bonchev–Trinajstić information content (AvgIpc) is 2.58. The topological polar surface area (TPSA) is 66.1 Å². The maximum Gasteiger partial charge on any atom is 0.324 e. The van der Waals surface area contributed by atoms with Crippen LogP contribution in [0.3, 0.4) is 0 Å². The molecule has 0 bridgehead atoms. The molecule has 1 atom stereocenters. The van der Waals surface area contributed by atoms with Crippen molar-refractivity contribution in [3.05, 3.63) is 53.2 Å². The van der Waals surface area contributed by atoms with Crippen molar-refractivity contribution in [3.8, 4) is 0 Å². The number of piperidine rings is 1. The number of amides is 2. The lowest BCUT2D eigenvalue weighted by molar-refractivity contribution is 0.262. The van der Waals surface area contributed by atoms with Crippen LogP contribution in [0.1, 0.15) is 24.3 Å². The van der Waals surface area contributed by atoms with Gasteiger partial charge in [-0.25, -0.2) is 9.78 Å². The van der Waals surface area contributed by atoms with Crippen molar-refractivity contribution in [1.29, 1.82) is 0 Å². The van der Waals surface area contributed by atoms with Crippen LogP contribution in [0.4, 0.5) is 16.3 Å². The first kappa shape index (κ1) is 18.5. The van der Waals surface area contributed by atoms with Crippen LogP contribution in [0.2, 0.25) is 5.02 Å². The summed E-state index contributed by atoms with van der Waals surface area (Å²) in [6.07, 6.45) is 3.91. The smallest absolute Gasteiger partial charge is 0.316 e. The first-order valence-electron chi connectivity index (χ1n) is 7.71. The molecular weight excluding hydrogens is 347 g/mol. The summed E-state index contributed by atoms with van der Waals surface area (Å²) in [6, 6.07) is 11.0. The molecule has 0 saturated carbocycles. The number of benzene rings is 1. The number of anilines is 2. The molecule has 1 aliphatic heterocycles. The van der Waals surface area contributed by atoms with Gasteiger partial charge in [-0.1, -0.05) is 23.7 Å². The molecule has 1 aromatic heterocycles. The van der Waals surface area contributed by atoms with E-state index >= 15 is 0 Å². The number of nitrogens with zero attached hydrogens (tertiary/aromatic N) is 1. The maximum absolute atomic E-state index is 11.9. The van der Waals surface area contributed by atoms with Crippen molar-refractivity contribution < 1.29 is 4.79 Å². The van der Waals surface area contributed by atoms with Gasteiger partial charge in [0.25, 0.3) is 0 Å². The van der Waals surface area contributed by atoms with E-state index in [1.54, 1.807) is 12.1 Å². The molecule has 128 valence electrons. The van der Waals surface area contributed by atoms with Crippen molar-refractivity contribution in [2.45, 2.75) is 18.8 Å². The molecule has 1 unspecified atom stereocenters. The Labute approximate surface area is 152 Å². The molecule has 1 saturated heterocycles. The summed E-state index contributed by atoms with van der Waals surface area (Å²) in [5.74, 6) is 1.02. The second kappa shape index (κ2) is 8.87. The first-order chi connectivity index (χ1) is 11.2. The number of hydrogen-bond acceptors (Lipinski definition) is 3. The summed E-state index contributed by atoms with van der Waals surface area (Å²) in [5, 5.41) is 9.41. The number of carbonyl (C=O) groups is 1. The van der Waals surface area contributed by atoms with Crippen LogP contribution in [0.25, 0.3) is 0 Å². The van der Waals surface area contributed by atoms with Gasteiger partial charge in [-0.3, -0.25) is 5.32 Å². The normalized spacial score (nSPS) is 16.8. The summed E-state index contributed by atoms with van der Waals surface area (Å²) in [6.45, 7) is 2.13. The molecule has 5 nitrogen and oxygen atoms in total. The zero-order valence-corrected chi connectivity index (χ0v) is 14.7. The number of aromatic nitrogens is 1. The number of halogens is 2. The van der Waals surface area contributed by atoms with Crippen LogP contribution in [0.5, 0.6) is 0 Å². The van der Waals surface area contributed by atoms with Gasteiger partial charge in [-0.15, -0.1) is 12.4 Å². The largest absolute Gasteiger partial charge is 0.324 e. The van der Waals surface area contributed by atoms with Gasteiger partial charge < -0.3 is 10.6 Å². The molecule has 24 heavy (non-hydrogen) atoms. The Morgan fingerprint density at radius 3 is 2.58 bits per heavy atom. The summed E-state index contributed by atoms with van der Waals surface area (Å²) < 4.78 is 0. The van der Waals surface area contributed by atoms with Crippen molar-refractivity contribution in [3.63, 3.8) is 0 Å². The molecule has 0 aliphatic carbocycles. The van der Waals surface area contributed by atoms with Crippen LogP contribution in [-0.4, -0.2) is 24.1 Å². The highest BCUT2D eigenvalue weighted by Crippen LogP contribution is 2.24. The number of urea groups is 1. The number of carbonyl (C=O) groups excluding carboxylic acids is 1. The van der Waals surface area contributed by atoms with Gasteiger partial charge in [0.05, 0.1) is 5.02 Å². The standard InChI is InChI=1S/C17H19ClN4O.ClH/c18-14-5-8-16(20-11-14)22-17(23)21-15-6-3-12(4-7-15)13-2-1-9-19-10-13;/h3-8,11,13,19H,1-2,9-10H2,(H2,20,21,22,23);1H. The number of rotatable bonds is 3. The van der Waals surface area contributed by atoms with Crippen LogP contribution in [-0.2, 0) is 0 Å². The third-order valence-corrected chi connectivity index (χ3v) is 4.13. The molecule has 3 rings (SSSR count). The highest BCUT2D eigenvalue weighted by Gasteiger charge is 2.14. The fourth-order valence-corrected chi connectivity index (χ4v) is 2.82. The predicted octanol–water partition coefficient (Wildman–Crippen LogP) is 4.27. The first-order valence-corrected chi connectivity index (χ1v) is 8.09. The third kappa shape index (κ3) is 5.09. The Hall–Kier alpha value is -1.82. The summed E-state index contributed by atoms with van der Waals surface area (Å²) in [5.41, 5.74) is 2.06. The van der Waals surface area contributed by atoms with Gasteiger partial charge >= 0.3 is 6.03 Å². The average molecular weight is 367 g/mol. The van der Waals surface area contributed by atoms with E-state index < -0.39 is 0 Å². The zero-order chi connectivity index (χ0) is 16.1. The van der Waals surface area contributed by atoms with Gasteiger partial charge in [-0.2, -0.15) is 0 Å². The van der Waals surface area contributed by atoms with Crippen LogP contribution in [0.15, 0.2) is 42.6 Å². The van der Waals surface area contributed by atoms with Gasteiger partial charge in [0.1, 0.15) is 5.82 Å². The van der Waals surface area contributed by atoms with E-state index in [9.17, 15) is 4.79 Å². The Morgan fingerprint density at radius 2 is 1.96 bits per heavy atom. The van der Waals surface area contributed by atoms with E-state index in [0.29, 0.717) is 16.8 Å². The fraction of sp³-hybridized carbons (Fsp3) is 0.294.